The molecule has 1 unspecified atom stereocenters. The monoisotopic (exact) mass is 259 g/mol. The fraction of sp³-hybridized carbons (Fsp3) is 0.222. The summed E-state index contributed by atoms with van der Waals surface area (Å²) < 4.78 is 0.887. The van der Waals surface area contributed by atoms with Gasteiger partial charge in [-0.1, -0.05) is 0 Å². The van der Waals surface area contributed by atoms with Crippen LogP contribution >= 0.6 is 11.3 Å². The standard InChI is InChI=1S/C9H9NOSSe/c1-9(11,7-2-4-12-6-7)8-10-3-5-13-8/h2-6,11H,1H3. The molecule has 0 saturated heterocycles. The Hall–Kier alpha value is -0.411. The third-order valence-corrected chi connectivity index (χ3v) is 4.68. The molecule has 2 rings (SSSR count). The predicted octanol–water partition coefficient (Wildman–Crippen LogP) is 1.46. The second-order valence-corrected chi connectivity index (χ2v) is 5.58. The van der Waals surface area contributed by atoms with Gasteiger partial charge in [-0.3, -0.25) is 0 Å². The number of aliphatic hydroxyl groups is 1. The number of thiophene rings is 1. The van der Waals surface area contributed by atoms with Crippen molar-refractivity contribution in [1.29, 1.82) is 0 Å². The zero-order valence-corrected chi connectivity index (χ0v) is 9.63. The van der Waals surface area contributed by atoms with Gasteiger partial charge in [-0.2, -0.15) is 0 Å². The van der Waals surface area contributed by atoms with E-state index in [1.54, 1.807) is 17.5 Å². The summed E-state index contributed by atoms with van der Waals surface area (Å²) in [5, 5.41) is 14.2. The number of rotatable bonds is 2. The van der Waals surface area contributed by atoms with Gasteiger partial charge in [0.25, 0.3) is 0 Å². The molecule has 2 heterocycles. The van der Waals surface area contributed by atoms with Crippen molar-refractivity contribution in [1.82, 2.24) is 4.98 Å². The third kappa shape index (κ3) is 1.63. The number of nitrogens with zero attached hydrogens (tertiary/aromatic N) is 1. The Balaban J connectivity index is 2.42. The van der Waals surface area contributed by atoms with Crippen molar-refractivity contribution in [2.24, 2.45) is 0 Å². The summed E-state index contributed by atoms with van der Waals surface area (Å²) in [7, 11) is 0. The topological polar surface area (TPSA) is 33.1 Å². The Bertz CT molecular complexity index is 330. The molecule has 2 aromatic rings. The van der Waals surface area contributed by atoms with E-state index in [-0.39, 0.29) is 14.5 Å². The van der Waals surface area contributed by atoms with Gasteiger partial charge in [-0.05, 0) is 0 Å². The molecule has 13 heavy (non-hydrogen) atoms. The van der Waals surface area contributed by atoms with Crippen LogP contribution in [-0.2, 0) is 5.60 Å². The van der Waals surface area contributed by atoms with E-state index in [9.17, 15) is 5.11 Å². The van der Waals surface area contributed by atoms with Crippen molar-refractivity contribution in [3.8, 4) is 0 Å². The second-order valence-electron chi connectivity index (χ2n) is 2.92. The molecular formula is C9H9NOSSe. The molecular weight excluding hydrogens is 249 g/mol. The SMILES string of the molecule is CC(O)(c1ccsc1)c1ncc[se]1. The summed E-state index contributed by atoms with van der Waals surface area (Å²) in [4.78, 5) is 6.20. The van der Waals surface area contributed by atoms with E-state index in [0.717, 1.165) is 10.1 Å². The van der Waals surface area contributed by atoms with Gasteiger partial charge in [-0.25, -0.2) is 0 Å². The molecule has 1 N–H and O–H groups in total. The fourth-order valence-electron chi connectivity index (χ4n) is 1.13. The predicted molar refractivity (Wildman–Crippen MR) is 54.2 cm³/mol. The third-order valence-electron chi connectivity index (χ3n) is 1.93. The Morgan fingerprint density at radius 3 is 3.00 bits per heavy atom. The number of hydrogen-bond donors (Lipinski definition) is 1. The molecule has 68 valence electrons. The Labute approximate surface area is 86.6 Å². The Morgan fingerprint density at radius 2 is 2.46 bits per heavy atom. The first-order chi connectivity index (χ1) is 6.21. The van der Waals surface area contributed by atoms with E-state index >= 15 is 0 Å². The van der Waals surface area contributed by atoms with Crippen LogP contribution in [0.25, 0.3) is 0 Å². The van der Waals surface area contributed by atoms with Gasteiger partial charge in [0.15, 0.2) is 0 Å². The van der Waals surface area contributed by atoms with Gasteiger partial charge in [-0.15, -0.1) is 0 Å². The van der Waals surface area contributed by atoms with Crippen LogP contribution in [0.3, 0.4) is 0 Å². The van der Waals surface area contributed by atoms with Gasteiger partial charge in [0.1, 0.15) is 0 Å². The first-order valence-corrected chi connectivity index (χ1v) is 6.65. The summed E-state index contributed by atoms with van der Waals surface area (Å²) in [5.41, 5.74) is 0.0746. The molecule has 0 aromatic carbocycles. The van der Waals surface area contributed by atoms with E-state index in [1.807, 2.05) is 28.7 Å². The van der Waals surface area contributed by atoms with Gasteiger partial charge in [0.2, 0.25) is 0 Å². The minimum absolute atomic E-state index is 0.214. The Kier molecular flexibility index (Phi) is 2.39. The molecule has 0 aliphatic rings. The van der Waals surface area contributed by atoms with E-state index in [1.165, 1.54) is 0 Å². The number of hydrogen-bond acceptors (Lipinski definition) is 3. The van der Waals surface area contributed by atoms with Crippen LogP contribution in [0.15, 0.2) is 28.0 Å². The molecule has 4 heteroatoms. The second kappa shape index (κ2) is 3.39. The van der Waals surface area contributed by atoms with Crippen LogP contribution in [0.5, 0.6) is 0 Å². The first-order valence-electron chi connectivity index (χ1n) is 3.86. The average molecular weight is 258 g/mol. The molecule has 0 amide bonds. The van der Waals surface area contributed by atoms with Crippen LogP contribution in [0.1, 0.15) is 17.1 Å². The first kappa shape index (κ1) is 9.16. The van der Waals surface area contributed by atoms with E-state index in [4.69, 9.17) is 0 Å². The van der Waals surface area contributed by atoms with E-state index < -0.39 is 5.60 Å². The van der Waals surface area contributed by atoms with Crippen molar-refractivity contribution in [2.75, 3.05) is 0 Å². The van der Waals surface area contributed by atoms with Crippen LogP contribution in [-0.4, -0.2) is 24.6 Å². The summed E-state index contributed by atoms with van der Waals surface area (Å²) in [6.07, 6.45) is 1.77. The van der Waals surface area contributed by atoms with Crippen LogP contribution in [0.2, 0.25) is 0 Å². The molecule has 0 fully saturated rings. The van der Waals surface area contributed by atoms with E-state index in [0.29, 0.717) is 0 Å². The van der Waals surface area contributed by atoms with Crippen molar-refractivity contribution in [2.45, 2.75) is 12.5 Å². The normalized spacial score (nSPS) is 15.5. The van der Waals surface area contributed by atoms with Crippen LogP contribution in [0, 0.1) is 0 Å². The molecule has 2 aromatic heterocycles. The van der Waals surface area contributed by atoms with Gasteiger partial charge in [0, 0.05) is 0 Å². The molecule has 0 aliphatic heterocycles. The van der Waals surface area contributed by atoms with E-state index in [2.05, 4.69) is 4.98 Å². The van der Waals surface area contributed by atoms with Crippen molar-refractivity contribution in [3.63, 3.8) is 0 Å². The summed E-state index contributed by atoms with van der Waals surface area (Å²) in [6, 6.07) is 1.95. The molecule has 1 atom stereocenters. The maximum atomic E-state index is 10.2. The van der Waals surface area contributed by atoms with Crippen molar-refractivity contribution >= 4 is 25.8 Å². The molecule has 2 nitrogen and oxygen atoms in total. The zero-order valence-electron chi connectivity index (χ0n) is 7.10. The summed E-state index contributed by atoms with van der Waals surface area (Å²) >= 11 is 1.81. The molecule has 0 radical (unpaired) electrons. The summed E-state index contributed by atoms with van der Waals surface area (Å²) in [6.45, 7) is 1.81. The van der Waals surface area contributed by atoms with Gasteiger partial charge in [0.05, 0.1) is 0 Å². The Morgan fingerprint density at radius 1 is 1.62 bits per heavy atom. The molecule has 0 aliphatic carbocycles. The van der Waals surface area contributed by atoms with Crippen molar-refractivity contribution in [3.05, 3.63) is 38.1 Å². The van der Waals surface area contributed by atoms with Gasteiger partial charge >= 0.3 is 86.6 Å². The minimum atomic E-state index is -0.872. The fourth-order valence-corrected chi connectivity index (χ4v) is 3.40. The van der Waals surface area contributed by atoms with Gasteiger partial charge < -0.3 is 0 Å². The quantitative estimate of drug-likeness (QED) is 0.827. The van der Waals surface area contributed by atoms with Crippen LogP contribution < -0.4 is 0 Å². The number of aromatic nitrogens is 1. The molecule has 0 spiro atoms. The molecule has 0 bridgehead atoms. The van der Waals surface area contributed by atoms with Crippen LogP contribution in [0.4, 0.5) is 0 Å². The average Bonchev–Trinajstić information content (AvgIpc) is 2.78. The zero-order chi connectivity index (χ0) is 9.31. The van der Waals surface area contributed by atoms with Crippen molar-refractivity contribution < 1.29 is 5.11 Å². The molecule has 0 saturated carbocycles. The summed E-state index contributed by atoms with van der Waals surface area (Å²) in [5.74, 6) is 0. The maximum absolute atomic E-state index is 10.2.